The van der Waals surface area contributed by atoms with Crippen LogP contribution in [0, 0.1) is 13.8 Å². The number of aromatic nitrogens is 1. The molecular formula is C16H23N3OS. The molecule has 2 aromatic rings. The van der Waals surface area contributed by atoms with Crippen LogP contribution in [0.2, 0.25) is 0 Å². The maximum absolute atomic E-state index is 11.9. The fourth-order valence-corrected chi connectivity index (χ4v) is 3.36. The molecule has 0 radical (unpaired) electrons. The molecule has 1 aromatic heterocycles. The summed E-state index contributed by atoms with van der Waals surface area (Å²) in [5.74, 6) is 0.0576. The van der Waals surface area contributed by atoms with Gasteiger partial charge < -0.3 is 4.90 Å². The van der Waals surface area contributed by atoms with E-state index in [0.717, 1.165) is 28.3 Å². The van der Waals surface area contributed by atoms with Crippen molar-refractivity contribution in [2.45, 2.75) is 27.2 Å². The van der Waals surface area contributed by atoms with Crippen LogP contribution in [0.15, 0.2) is 12.1 Å². The average molecular weight is 305 g/mol. The second-order valence-electron chi connectivity index (χ2n) is 5.68. The van der Waals surface area contributed by atoms with Gasteiger partial charge in [0.25, 0.3) is 0 Å². The van der Waals surface area contributed by atoms with Crippen molar-refractivity contribution in [2.75, 3.05) is 32.1 Å². The molecule has 0 saturated carbocycles. The monoisotopic (exact) mass is 305 g/mol. The van der Waals surface area contributed by atoms with E-state index in [1.54, 1.807) is 23.2 Å². The molecule has 4 nitrogen and oxygen atoms in total. The largest absolute Gasteiger partial charge is 0.309 e. The Kier molecular flexibility index (Phi) is 4.96. The zero-order valence-electron chi connectivity index (χ0n) is 13.4. The van der Waals surface area contributed by atoms with Crippen LogP contribution >= 0.6 is 11.3 Å². The zero-order valence-corrected chi connectivity index (χ0v) is 14.3. The molecule has 2 rings (SSSR count). The molecule has 0 spiro atoms. The molecule has 1 amide bonds. The second-order valence-corrected chi connectivity index (χ2v) is 6.69. The van der Waals surface area contributed by atoms with Crippen molar-refractivity contribution in [3.05, 3.63) is 23.3 Å². The maximum atomic E-state index is 11.9. The third kappa shape index (κ3) is 3.60. The predicted molar refractivity (Wildman–Crippen MR) is 90.3 cm³/mol. The van der Waals surface area contributed by atoms with E-state index in [9.17, 15) is 4.79 Å². The number of carbonyl (C=O) groups excluding carboxylic acids is 1. The van der Waals surface area contributed by atoms with Gasteiger partial charge >= 0.3 is 0 Å². The topological polar surface area (TPSA) is 36.4 Å². The summed E-state index contributed by atoms with van der Waals surface area (Å²) in [6.07, 6.45) is 0.945. The van der Waals surface area contributed by atoms with Gasteiger partial charge in [-0.3, -0.25) is 9.69 Å². The van der Waals surface area contributed by atoms with Crippen molar-refractivity contribution in [3.63, 3.8) is 0 Å². The van der Waals surface area contributed by atoms with Crippen LogP contribution in [0.5, 0.6) is 0 Å². The van der Waals surface area contributed by atoms with Gasteiger partial charge in [-0.1, -0.05) is 17.4 Å². The fourth-order valence-electron chi connectivity index (χ4n) is 2.26. The van der Waals surface area contributed by atoms with E-state index < -0.39 is 0 Å². The first-order chi connectivity index (χ1) is 9.90. The summed E-state index contributed by atoms with van der Waals surface area (Å²) < 4.78 is 1.15. The number of carbonyl (C=O) groups is 1. The molecule has 0 aliphatic heterocycles. The van der Waals surface area contributed by atoms with E-state index in [-0.39, 0.29) is 5.91 Å². The zero-order chi connectivity index (χ0) is 15.6. The minimum atomic E-state index is 0.0576. The molecule has 1 aromatic carbocycles. The molecule has 0 aliphatic carbocycles. The van der Waals surface area contributed by atoms with Gasteiger partial charge in [0, 0.05) is 13.5 Å². The Hall–Kier alpha value is -1.46. The average Bonchev–Trinajstić information content (AvgIpc) is 2.82. The lowest BCUT2D eigenvalue weighted by atomic mass is 10.1. The SMILES string of the molecule is CC(=O)N(CCCN(C)C)c1nc2c(C)c(C)ccc2s1. The van der Waals surface area contributed by atoms with Crippen LogP contribution in [0.3, 0.4) is 0 Å². The lowest BCUT2D eigenvalue weighted by Gasteiger charge is -2.19. The quantitative estimate of drug-likeness (QED) is 0.851. The maximum Gasteiger partial charge on any atom is 0.225 e. The highest BCUT2D eigenvalue weighted by Gasteiger charge is 2.17. The number of rotatable bonds is 5. The summed E-state index contributed by atoms with van der Waals surface area (Å²) in [7, 11) is 4.09. The Bertz CT molecular complexity index is 648. The fraction of sp³-hybridized carbons (Fsp3) is 0.500. The standard InChI is InChI=1S/C16H23N3OS/c1-11-7-8-14-15(12(11)2)17-16(21-14)19(13(3)20)10-6-9-18(4)5/h7-8H,6,9-10H2,1-5H3. The molecule has 5 heteroatoms. The van der Waals surface area contributed by atoms with E-state index in [4.69, 9.17) is 4.98 Å². The Morgan fingerprint density at radius 3 is 2.57 bits per heavy atom. The molecular weight excluding hydrogens is 282 g/mol. The second kappa shape index (κ2) is 6.54. The first-order valence-corrected chi connectivity index (χ1v) is 8.01. The lowest BCUT2D eigenvalue weighted by Crippen LogP contribution is -2.31. The molecule has 114 valence electrons. The van der Waals surface area contributed by atoms with Crippen molar-refractivity contribution in [2.24, 2.45) is 0 Å². The van der Waals surface area contributed by atoms with Crippen LogP contribution in [-0.2, 0) is 4.79 Å². The Morgan fingerprint density at radius 2 is 1.95 bits per heavy atom. The highest BCUT2D eigenvalue weighted by Crippen LogP contribution is 2.32. The van der Waals surface area contributed by atoms with Gasteiger partial charge in [-0.25, -0.2) is 4.98 Å². The summed E-state index contributed by atoms with van der Waals surface area (Å²) >= 11 is 1.60. The molecule has 0 unspecified atom stereocenters. The minimum absolute atomic E-state index is 0.0576. The van der Waals surface area contributed by atoms with Gasteiger partial charge in [-0.2, -0.15) is 0 Å². The van der Waals surface area contributed by atoms with Crippen molar-refractivity contribution in [1.82, 2.24) is 9.88 Å². The van der Waals surface area contributed by atoms with E-state index in [0.29, 0.717) is 6.54 Å². The van der Waals surface area contributed by atoms with Gasteiger partial charge in [-0.05, 0) is 58.1 Å². The van der Waals surface area contributed by atoms with Crippen LogP contribution in [-0.4, -0.2) is 43.0 Å². The van der Waals surface area contributed by atoms with E-state index in [1.807, 2.05) is 14.1 Å². The number of benzene rings is 1. The first kappa shape index (κ1) is 15.9. The predicted octanol–water partition coefficient (Wildman–Crippen LogP) is 3.22. The van der Waals surface area contributed by atoms with Crippen molar-refractivity contribution in [1.29, 1.82) is 0 Å². The Labute approximate surface area is 130 Å². The van der Waals surface area contributed by atoms with Gasteiger partial charge in [0.05, 0.1) is 10.2 Å². The number of amides is 1. The first-order valence-electron chi connectivity index (χ1n) is 7.19. The molecule has 21 heavy (non-hydrogen) atoms. The number of nitrogens with zero attached hydrogens (tertiary/aromatic N) is 3. The number of fused-ring (bicyclic) bond motifs is 1. The van der Waals surface area contributed by atoms with Crippen LogP contribution in [0.25, 0.3) is 10.2 Å². The van der Waals surface area contributed by atoms with E-state index in [1.165, 1.54) is 11.1 Å². The summed E-state index contributed by atoms with van der Waals surface area (Å²) in [4.78, 5) is 20.6. The molecule has 0 aliphatic rings. The Balaban J connectivity index is 2.28. The number of thiazole rings is 1. The summed E-state index contributed by atoms with van der Waals surface area (Å²) in [6, 6.07) is 4.21. The third-order valence-corrected chi connectivity index (χ3v) is 4.72. The molecule has 0 bridgehead atoms. The van der Waals surface area contributed by atoms with Gasteiger partial charge in [-0.15, -0.1) is 0 Å². The van der Waals surface area contributed by atoms with Gasteiger partial charge in [0.2, 0.25) is 5.91 Å². The van der Waals surface area contributed by atoms with Crippen LogP contribution in [0.1, 0.15) is 24.5 Å². The molecule has 0 saturated heterocycles. The normalized spacial score (nSPS) is 11.3. The number of hydrogen-bond acceptors (Lipinski definition) is 4. The van der Waals surface area contributed by atoms with E-state index >= 15 is 0 Å². The molecule has 1 heterocycles. The van der Waals surface area contributed by atoms with Crippen LogP contribution < -0.4 is 4.90 Å². The number of hydrogen-bond donors (Lipinski definition) is 0. The smallest absolute Gasteiger partial charge is 0.225 e. The minimum Gasteiger partial charge on any atom is -0.309 e. The van der Waals surface area contributed by atoms with Crippen LogP contribution in [0.4, 0.5) is 5.13 Å². The van der Waals surface area contributed by atoms with Crippen molar-refractivity contribution < 1.29 is 4.79 Å². The summed E-state index contributed by atoms with van der Waals surface area (Å²) in [5.41, 5.74) is 3.46. The van der Waals surface area contributed by atoms with E-state index in [2.05, 4.69) is 30.9 Å². The van der Waals surface area contributed by atoms with Crippen molar-refractivity contribution in [3.8, 4) is 0 Å². The van der Waals surface area contributed by atoms with Gasteiger partial charge in [0.15, 0.2) is 5.13 Å². The lowest BCUT2D eigenvalue weighted by molar-refractivity contribution is -0.116. The molecule has 0 N–H and O–H groups in total. The highest BCUT2D eigenvalue weighted by molar-refractivity contribution is 7.22. The van der Waals surface area contributed by atoms with Crippen molar-refractivity contribution >= 4 is 32.6 Å². The Morgan fingerprint density at radius 1 is 1.24 bits per heavy atom. The highest BCUT2D eigenvalue weighted by atomic mass is 32.1. The summed E-state index contributed by atoms with van der Waals surface area (Å²) in [5, 5.41) is 0.810. The third-order valence-electron chi connectivity index (χ3n) is 3.67. The van der Waals surface area contributed by atoms with Gasteiger partial charge in [0.1, 0.15) is 0 Å². The molecule has 0 fully saturated rings. The molecule has 0 atom stereocenters. The number of anilines is 1. The number of aryl methyl sites for hydroxylation is 2. The summed E-state index contributed by atoms with van der Waals surface area (Å²) in [6.45, 7) is 7.47.